The zero-order valence-corrected chi connectivity index (χ0v) is 19.9. The summed E-state index contributed by atoms with van der Waals surface area (Å²) in [7, 11) is 4.08. The summed E-state index contributed by atoms with van der Waals surface area (Å²) in [5.74, 6) is 0. The van der Waals surface area contributed by atoms with Gasteiger partial charge in [-0.05, 0) is 79.4 Å². The highest BCUT2D eigenvalue weighted by atomic mass is 79.9. The SMILES string of the molecule is CN(C)c1cccc(-c2cncc(Br)c2)c1.Nc1cccc(-c2cncc(Br)c2)c1. The van der Waals surface area contributed by atoms with Crippen molar-refractivity contribution in [1.29, 1.82) is 0 Å². The molecule has 0 bridgehead atoms. The van der Waals surface area contributed by atoms with E-state index in [9.17, 15) is 0 Å². The number of pyridine rings is 2. The number of benzene rings is 2. The van der Waals surface area contributed by atoms with E-state index in [4.69, 9.17) is 5.73 Å². The average molecular weight is 526 g/mol. The van der Waals surface area contributed by atoms with E-state index in [1.165, 1.54) is 11.3 Å². The second-order valence-electron chi connectivity index (χ2n) is 6.85. The Morgan fingerprint density at radius 1 is 0.667 bits per heavy atom. The van der Waals surface area contributed by atoms with E-state index in [2.05, 4.69) is 77.1 Å². The van der Waals surface area contributed by atoms with Crippen molar-refractivity contribution in [2.45, 2.75) is 0 Å². The van der Waals surface area contributed by atoms with Gasteiger partial charge in [-0.1, -0.05) is 24.3 Å². The van der Waals surface area contributed by atoms with Crippen LogP contribution >= 0.6 is 31.9 Å². The Bertz CT molecular complexity index is 1090. The van der Waals surface area contributed by atoms with Crippen LogP contribution in [0, 0.1) is 0 Å². The van der Waals surface area contributed by atoms with Crippen molar-refractivity contribution in [2.24, 2.45) is 0 Å². The molecule has 2 N–H and O–H groups in total. The van der Waals surface area contributed by atoms with Crippen molar-refractivity contribution in [1.82, 2.24) is 9.97 Å². The molecule has 6 heteroatoms. The van der Waals surface area contributed by atoms with Crippen LogP contribution in [0.2, 0.25) is 0 Å². The van der Waals surface area contributed by atoms with Gasteiger partial charge in [-0.15, -0.1) is 0 Å². The summed E-state index contributed by atoms with van der Waals surface area (Å²) < 4.78 is 1.97. The fourth-order valence-electron chi connectivity index (χ4n) is 2.82. The zero-order chi connectivity index (χ0) is 21.5. The molecule has 30 heavy (non-hydrogen) atoms. The van der Waals surface area contributed by atoms with Crippen molar-refractivity contribution < 1.29 is 0 Å². The third-order valence-electron chi connectivity index (χ3n) is 4.33. The highest BCUT2D eigenvalue weighted by molar-refractivity contribution is 9.10. The predicted octanol–water partition coefficient (Wildman–Crippen LogP) is 6.67. The zero-order valence-electron chi connectivity index (χ0n) is 16.8. The lowest BCUT2D eigenvalue weighted by molar-refractivity contribution is 1.13. The lowest BCUT2D eigenvalue weighted by Crippen LogP contribution is -2.08. The Morgan fingerprint density at radius 3 is 1.70 bits per heavy atom. The fraction of sp³-hybridized carbons (Fsp3) is 0.0833. The maximum atomic E-state index is 5.70. The third kappa shape index (κ3) is 6.15. The van der Waals surface area contributed by atoms with Gasteiger partial charge in [0.2, 0.25) is 0 Å². The molecule has 4 aromatic rings. The predicted molar refractivity (Wildman–Crippen MR) is 133 cm³/mol. The van der Waals surface area contributed by atoms with Gasteiger partial charge in [0.15, 0.2) is 0 Å². The maximum Gasteiger partial charge on any atom is 0.0410 e. The molecular weight excluding hydrogens is 504 g/mol. The fourth-order valence-corrected chi connectivity index (χ4v) is 3.55. The van der Waals surface area contributed by atoms with E-state index < -0.39 is 0 Å². The number of anilines is 2. The van der Waals surface area contributed by atoms with Gasteiger partial charge in [0, 0.05) is 70.3 Å². The van der Waals surface area contributed by atoms with Gasteiger partial charge in [0.05, 0.1) is 0 Å². The molecule has 0 saturated carbocycles. The first-order chi connectivity index (χ1) is 14.4. The summed E-state index contributed by atoms with van der Waals surface area (Å²) >= 11 is 6.82. The van der Waals surface area contributed by atoms with Gasteiger partial charge in [-0.25, -0.2) is 0 Å². The minimum Gasteiger partial charge on any atom is -0.399 e. The number of hydrogen-bond donors (Lipinski definition) is 1. The Labute approximate surface area is 194 Å². The number of hydrogen-bond acceptors (Lipinski definition) is 4. The van der Waals surface area contributed by atoms with Gasteiger partial charge in [-0.2, -0.15) is 0 Å². The first-order valence-electron chi connectivity index (χ1n) is 9.27. The molecular formula is C24H22Br2N4. The highest BCUT2D eigenvalue weighted by Gasteiger charge is 2.01. The molecule has 2 aromatic carbocycles. The minimum atomic E-state index is 0.766. The highest BCUT2D eigenvalue weighted by Crippen LogP contribution is 2.25. The van der Waals surface area contributed by atoms with Crippen LogP contribution in [-0.4, -0.2) is 24.1 Å². The van der Waals surface area contributed by atoms with Crippen molar-refractivity contribution in [3.05, 3.63) is 94.4 Å². The summed E-state index contributed by atoms with van der Waals surface area (Å²) in [5, 5.41) is 0. The molecule has 0 unspecified atom stereocenters. The smallest absolute Gasteiger partial charge is 0.0410 e. The van der Waals surface area contributed by atoms with E-state index in [0.29, 0.717) is 0 Å². The van der Waals surface area contributed by atoms with Gasteiger partial charge < -0.3 is 10.6 Å². The number of nitrogen functional groups attached to an aromatic ring is 1. The standard InChI is InChI=1S/C13H13BrN2.C11H9BrN2/c1-16(2)13-5-3-4-10(7-13)11-6-12(14)9-15-8-11;12-10-4-9(6-14-7-10)8-2-1-3-11(13)5-8/h3-9H,1-2H3;1-7H,13H2. The molecule has 0 saturated heterocycles. The molecule has 152 valence electrons. The molecule has 0 spiro atoms. The molecule has 0 aliphatic heterocycles. The van der Waals surface area contributed by atoms with Crippen LogP contribution in [0.5, 0.6) is 0 Å². The molecule has 4 nitrogen and oxygen atoms in total. The first-order valence-corrected chi connectivity index (χ1v) is 10.9. The molecule has 2 heterocycles. The number of nitrogens with zero attached hydrogens (tertiary/aromatic N) is 3. The van der Waals surface area contributed by atoms with Crippen LogP contribution < -0.4 is 10.6 Å². The third-order valence-corrected chi connectivity index (χ3v) is 5.19. The van der Waals surface area contributed by atoms with Crippen LogP contribution in [0.25, 0.3) is 22.3 Å². The molecule has 0 amide bonds. The topological polar surface area (TPSA) is 55.0 Å². The first kappa shape index (κ1) is 22.0. The van der Waals surface area contributed by atoms with E-state index in [1.54, 1.807) is 12.4 Å². The van der Waals surface area contributed by atoms with Crippen molar-refractivity contribution in [2.75, 3.05) is 24.7 Å². The Kier molecular flexibility index (Phi) is 7.60. The van der Waals surface area contributed by atoms with Crippen LogP contribution in [0.3, 0.4) is 0 Å². The van der Waals surface area contributed by atoms with Crippen molar-refractivity contribution in [3.8, 4) is 22.3 Å². The van der Waals surface area contributed by atoms with Crippen molar-refractivity contribution in [3.63, 3.8) is 0 Å². The molecule has 0 aliphatic carbocycles. The Balaban J connectivity index is 0.000000172. The van der Waals surface area contributed by atoms with Gasteiger partial charge >= 0.3 is 0 Å². The Hall–Kier alpha value is -2.70. The summed E-state index contributed by atoms with van der Waals surface area (Å²) in [6, 6.07) is 20.2. The van der Waals surface area contributed by atoms with E-state index in [0.717, 1.165) is 31.3 Å². The summed E-state index contributed by atoms with van der Waals surface area (Å²) in [4.78, 5) is 10.4. The number of aromatic nitrogens is 2. The quantitative estimate of drug-likeness (QED) is 0.303. The van der Waals surface area contributed by atoms with E-state index in [1.807, 2.05) is 56.8 Å². The molecule has 0 aliphatic rings. The minimum absolute atomic E-state index is 0.766. The average Bonchev–Trinajstić information content (AvgIpc) is 2.74. The number of rotatable bonds is 3. The van der Waals surface area contributed by atoms with Crippen LogP contribution in [0.15, 0.2) is 94.4 Å². The van der Waals surface area contributed by atoms with Gasteiger partial charge in [0.25, 0.3) is 0 Å². The second kappa shape index (κ2) is 10.4. The molecule has 2 aromatic heterocycles. The normalized spacial score (nSPS) is 10.1. The maximum absolute atomic E-state index is 5.70. The molecule has 0 radical (unpaired) electrons. The number of halogens is 2. The largest absolute Gasteiger partial charge is 0.399 e. The van der Waals surface area contributed by atoms with Gasteiger partial charge in [0.1, 0.15) is 0 Å². The van der Waals surface area contributed by atoms with Crippen LogP contribution in [0.1, 0.15) is 0 Å². The lowest BCUT2D eigenvalue weighted by Gasteiger charge is -2.13. The summed E-state index contributed by atoms with van der Waals surface area (Å²) in [6.45, 7) is 0. The van der Waals surface area contributed by atoms with Crippen LogP contribution in [-0.2, 0) is 0 Å². The Morgan fingerprint density at radius 2 is 1.20 bits per heavy atom. The van der Waals surface area contributed by atoms with Crippen molar-refractivity contribution >= 4 is 43.2 Å². The molecule has 0 atom stereocenters. The second-order valence-corrected chi connectivity index (χ2v) is 8.69. The van der Waals surface area contributed by atoms with E-state index >= 15 is 0 Å². The van der Waals surface area contributed by atoms with E-state index in [-0.39, 0.29) is 0 Å². The lowest BCUT2D eigenvalue weighted by atomic mass is 10.1. The molecule has 0 fully saturated rings. The molecule has 4 rings (SSSR count). The monoisotopic (exact) mass is 524 g/mol. The summed E-state index contributed by atoms with van der Waals surface area (Å²) in [6.07, 6.45) is 7.24. The number of nitrogens with two attached hydrogens (primary N) is 1. The summed E-state index contributed by atoms with van der Waals surface area (Å²) in [5.41, 5.74) is 12.1. The van der Waals surface area contributed by atoms with Gasteiger partial charge in [-0.3, -0.25) is 9.97 Å². The van der Waals surface area contributed by atoms with Crippen LogP contribution in [0.4, 0.5) is 11.4 Å².